The zero-order valence-electron chi connectivity index (χ0n) is 11.3. The van der Waals surface area contributed by atoms with Crippen LogP contribution >= 0.6 is 0 Å². The number of amides is 1. The van der Waals surface area contributed by atoms with Gasteiger partial charge in [-0.1, -0.05) is 6.07 Å². The Labute approximate surface area is 116 Å². The van der Waals surface area contributed by atoms with Crippen LogP contribution < -0.4 is 5.32 Å². The third-order valence-corrected chi connectivity index (χ3v) is 3.13. The third-order valence-electron chi connectivity index (χ3n) is 3.13. The van der Waals surface area contributed by atoms with Crippen LogP contribution in [0.4, 0.5) is 4.39 Å². The fourth-order valence-electron chi connectivity index (χ4n) is 2.18. The summed E-state index contributed by atoms with van der Waals surface area (Å²) in [5, 5.41) is 3.05. The summed E-state index contributed by atoms with van der Waals surface area (Å²) in [6.45, 7) is 3.31. The summed E-state index contributed by atoms with van der Waals surface area (Å²) >= 11 is 0. The van der Waals surface area contributed by atoms with Crippen LogP contribution in [0.25, 0.3) is 0 Å². The van der Waals surface area contributed by atoms with Crippen molar-refractivity contribution in [2.45, 2.75) is 13.0 Å². The molecule has 1 unspecified atom stereocenters. The van der Waals surface area contributed by atoms with E-state index in [1.54, 1.807) is 6.92 Å². The number of rotatable bonds is 3. The number of piperazine rings is 1. The number of nitrogens with one attached hydrogen (secondary N) is 1. The van der Waals surface area contributed by atoms with Crippen molar-refractivity contribution in [2.24, 2.45) is 0 Å². The Kier molecular flexibility index (Phi) is 4.68. The number of nitrogens with zero attached hydrogens (tertiary/aromatic N) is 1. The van der Waals surface area contributed by atoms with E-state index in [-0.39, 0.29) is 18.1 Å². The molecule has 1 aromatic rings. The van der Waals surface area contributed by atoms with Crippen LogP contribution in [0, 0.1) is 5.82 Å². The smallest absolute Gasteiger partial charge is 0.330 e. The highest BCUT2D eigenvalue weighted by atomic mass is 19.1. The van der Waals surface area contributed by atoms with Gasteiger partial charge in [-0.3, -0.25) is 4.79 Å². The van der Waals surface area contributed by atoms with Crippen LogP contribution in [0.2, 0.25) is 0 Å². The molecule has 0 saturated carbocycles. The Morgan fingerprint density at radius 1 is 1.50 bits per heavy atom. The second-order valence-corrected chi connectivity index (χ2v) is 4.48. The first-order valence-electron chi connectivity index (χ1n) is 6.57. The Bertz CT molecular complexity index is 507. The molecular formula is C14H17FN2O3. The molecule has 1 aromatic carbocycles. The summed E-state index contributed by atoms with van der Waals surface area (Å²) in [5.74, 6) is -1.27. The first-order chi connectivity index (χ1) is 9.63. The molecule has 1 aliphatic heterocycles. The molecule has 108 valence electrons. The van der Waals surface area contributed by atoms with Crippen LogP contribution in [0.3, 0.4) is 0 Å². The Morgan fingerprint density at radius 3 is 3.00 bits per heavy atom. The lowest BCUT2D eigenvalue weighted by molar-refractivity contribution is -0.149. The highest BCUT2D eigenvalue weighted by Gasteiger charge is 2.33. The number of benzene rings is 1. The second kappa shape index (κ2) is 6.47. The average molecular weight is 280 g/mol. The number of halogens is 1. The maximum Gasteiger partial charge on any atom is 0.330 e. The molecule has 6 heteroatoms. The molecule has 1 aliphatic rings. The fraction of sp³-hybridized carbons (Fsp3) is 0.429. The molecule has 2 rings (SSSR count). The number of carbonyl (C=O) groups is 2. The maximum atomic E-state index is 13.2. The van der Waals surface area contributed by atoms with E-state index in [0.717, 1.165) is 0 Å². The van der Waals surface area contributed by atoms with Crippen LogP contribution in [0.15, 0.2) is 24.3 Å². The zero-order chi connectivity index (χ0) is 14.5. The van der Waals surface area contributed by atoms with Gasteiger partial charge in [-0.15, -0.1) is 0 Å². The molecule has 1 atom stereocenters. The predicted octanol–water partition coefficient (Wildman–Crippen LogP) is 0.803. The third kappa shape index (κ3) is 3.14. The predicted molar refractivity (Wildman–Crippen MR) is 70.7 cm³/mol. The van der Waals surface area contributed by atoms with E-state index in [1.807, 2.05) is 0 Å². The van der Waals surface area contributed by atoms with Crippen molar-refractivity contribution in [3.63, 3.8) is 0 Å². The van der Waals surface area contributed by atoms with Gasteiger partial charge in [-0.25, -0.2) is 9.18 Å². The molecule has 1 heterocycles. The highest BCUT2D eigenvalue weighted by molar-refractivity contribution is 5.97. The first kappa shape index (κ1) is 14.5. The lowest BCUT2D eigenvalue weighted by atomic mass is 10.1. The van der Waals surface area contributed by atoms with Gasteiger partial charge < -0.3 is 15.0 Å². The van der Waals surface area contributed by atoms with Gasteiger partial charge in [0.2, 0.25) is 0 Å². The molecule has 0 spiro atoms. The van der Waals surface area contributed by atoms with Gasteiger partial charge in [0.25, 0.3) is 5.91 Å². The minimum Gasteiger partial charge on any atom is -0.464 e. The lowest BCUT2D eigenvalue weighted by Crippen LogP contribution is -2.57. The largest absolute Gasteiger partial charge is 0.464 e. The van der Waals surface area contributed by atoms with Crippen molar-refractivity contribution in [1.29, 1.82) is 0 Å². The van der Waals surface area contributed by atoms with Crippen molar-refractivity contribution < 1.29 is 18.7 Å². The van der Waals surface area contributed by atoms with Crippen LogP contribution in [-0.2, 0) is 9.53 Å². The molecule has 20 heavy (non-hydrogen) atoms. The number of hydrogen-bond donors (Lipinski definition) is 1. The lowest BCUT2D eigenvalue weighted by Gasteiger charge is -2.34. The van der Waals surface area contributed by atoms with Crippen molar-refractivity contribution >= 4 is 11.9 Å². The Morgan fingerprint density at radius 2 is 2.30 bits per heavy atom. The molecule has 1 fully saturated rings. The second-order valence-electron chi connectivity index (χ2n) is 4.48. The van der Waals surface area contributed by atoms with Crippen molar-refractivity contribution in [2.75, 3.05) is 26.2 Å². The van der Waals surface area contributed by atoms with Gasteiger partial charge in [0.1, 0.15) is 11.9 Å². The van der Waals surface area contributed by atoms with E-state index in [0.29, 0.717) is 19.6 Å². The first-order valence-corrected chi connectivity index (χ1v) is 6.57. The monoisotopic (exact) mass is 280 g/mol. The van der Waals surface area contributed by atoms with Crippen molar-refractivity contribution in [1.82, 2.24) is 10.2 Å². The zero-order valence-corrected chi connectivity index (χ0v) is 11.3. The average Bonchev–Trinajstić information content (AvgIpc) is 2.47. The quantitative estimate of drug-likeness (QED) is 0.832. The summed E-state index contributed by atoms with van der Waals surface area (Å²) < 4.78 is 18.2. The maximum absolute atomic E-state index is 13.2. The summed E-state index contributed by atoms with van der Waals surface area (Å²) in [4.78, 5) is 25.7. The fourth-order valence-corrected chi connectivity index (χ4v) is 2.18. The van der Waals surface area contributed by atoms with Gasteiger partial charge in [0, 0.05) is 25.2 Å². The molecule has 1 N–H and O–H groups in total. The van der Waals surface area contributed by atoms with E-state index < -0.39 is 17.8 Å². The SMILES string of the molecule is CCOC(=O)C1CNCCN1C(=O)c1cccc(F)c1. The Balaban J connectivity index is 2.19. The van der Waals surface area contributed by atoms with Crippen molar-refractivity contribution in [3.05, 3.63) is 35.6 Å². The summed E-state index contributed by atoms with van der Waals surface area (Å²) in [6, 6.07) is 4.79. The van der Waals surface area contributed by atoms with E-state index in [1.165, 1.54) is 29.2 Å². The van der Waals surface area contributed by atoms with E-state index in [2.05, 4.69) is 5.32 Å². The number of esters is 1. The minimum atomic E-state index is -0.667. The van der Waals surface area contributed by atoms with E-state index in [4.69, 9.17) is 4.74 Å². The van der Waals surface area contributed by atoms with Crippen molar-refractivity contribution in [3.8, 4) is 0 Å². The highest BCUT2D eigenvalue weighted by Crippen LogP contribution is 2.13. The van der Waals surface area contributed by atoms with Gasteiger partial charge >= 0.3 is 5.97 Å². The minimum absolute atomic E-state index is 0.237. The molecule has 0 aromatic heterocycles. The normalized spacial score (nSPS) is 18.7. The topological polar surface area (TPSA) is 58.6 Å². The standard InChI is InChI=1S/C14H17FN2O3/c1-2-20-14(19)12-9-16-6-7-17(12)13(18)10-4-3-5-11(15)8-10/h3-5,8,12,16H,2,6-7,9H2,1H3. The van der Waals surface area contributed by atoms with E-state index in [9.17, 15) is 14.0 Å². The van der Waals surface area contributed by atoms with Gasteiger partial charge in [0.15, 0.2) is 0 Å². The van der Waals surface area contributed by atoms with Crippen LogP contribution in [0.1, 0.15) is 17.3 Å². The van der Waals surface area contributed by atoms with Crippen LogP contribution in [-0.4, -0.2) is 49.1 Å². The van der Waals surface area contributed by atoms with Gasteiger partial charge in [0.05, 0.1) is 6.61 Å². The van der Waals surface area contributed by atoms with E-state index >= 15 is 0 Å². The molecule has 1 amide bonds. The van der Waals surface area contributed by atoms with Crippen LogP contribution in [0.5, 0.6) is 0 Å². The summed E-state index contributed by atoms with van der Waals surface area (Å²) in [7, 11) is 0. The molecule has 1 saturated heterocycles. The number of hydrogen-bond acceptors (Lipinski definition) is 4. The number of ether oxygens (including phenoxy) is 1. The van der Waals surface area contributed by atoms with Gasteiger partial charge in [-0.2, -0.15) is 0 Å². The summed E-state index contributed by atoms with van der Waals surface area (Å²) in [6.07, 6.45) is 0. The van der Waals surface area contributed by atoms with Gasteiger partial charge in [-0.05, 0) is 25.1 Å². The molecule has 5 nitrogen and oxygen atoms in total. The molecule has 0 aliphatic carbocycles. The molecule has 0 bridgehead atoms. The number of carbonyl (C=O) groups excluding carboxylic acids is 2. The molecule has 0 radical (unpaired) electrons. The molecular weight excluding hydrogens is 263 g/mol. The Hall–Kier alpha value is -1.95. The summed E-state index contributed by atoms with van der Waals surface area (Å²) in [5.41, 5.74) is 0.237.